The lowest BCUT2D eigenvalue weighted by molar-refractivity contribution is -0.147. The number of aliphatic carboxylic acids is 1. The van der Waals surface area contributed by atoms with Crippen LogP contribution in [0, 0.1) is 0 Å². The predicted octanol–water partition coefficient (Wildman–Crippen LogP) is 0.00920. The third-order valence-electron chi connectivity index (χ3n) is 3.82. The van der Waals surface area contributed by atoms with Crippen molar-refractivity contribution in [1.82, 2.24) is 9.21 Å². The normalized spacial score (nSPS) is 19.5. The molecule has 24 heavy (non-hydrogen) atoms. The van der Waals surface area contributed by atoms with Crippen LogP contribution < -0.4 is 0 Å². The molecule has 1 aromatic rings. The minimum absolute atomic E-state index is 0.0403. The number of amides is 1. The van der Waals surface area contributed by atoms with Crippen LogP contribution in [0.25, 0.3) is 0 Å². The summed E-state index contributed by atoms with van der Waals surface area (Å²) >= 11 is 0. The molecule has 1 amide bonds. The van der Waals surface area contributed by atoms with E-state index in [4.69, 9.17) is 9.84 Å². The zero-order valence-electron chi connectivity index (χ0n) is 13.3. The SMILES string of the molecule is COCCN1CCN(S(=O)(=O)c2ccccc2)C(CC(=O)O)C1=O. The molecule has 0 radical (unpaired) electrons. The maximum atomic E-state index is 12.8. The number of piperazine rings is 1. The number of carboxylic acid groups (broad SMARTS) is 1. The molecule has 1 aromatic carbocycles. The molecule has 0 aliphatic carbocycles. The number of carbonyl (C=O) groups excluding carboxylic acids is 1. The standard InChI is InChI=1S/C15H20N2O6S/c1-23-10-9-16-7-8-17(13(15(16)20)11-14(18)19)24(21,22)12-5-3-2-4-6-12/h2-6,13H,7-11H2,1H3,(H,18,19). The number of sulfonamides is 1. The van der Waals surface area contributed by atoms with E-state index in [0.29, 0.717) is 13.2 Å². The fourth-order valence-corrected chi connectivity index (χ4v) is 4.21. The van der Waals surface area contributed by atoms with Gasteiger partial charge in [0.25, 0.3) is 0 Å². The van der Waals surface area contributed by atoms with Gasteiger partial charge in [-0.1, -0.05) is 18.2 Å². The van der Waals surface area contributed by atoms with Crippen molar-refractivity contribution in [3.63, 3.8) is 0 Å². The van der Waals surface area contributed by atoms with Crippen molar-refractivity contribution < 1.29 is 27.9 Å². The number of hydrogen-bond donors (Lipinski definition) is 1. The van der Waals surface area contributed by atoms with Gasteiger partial charge < -0.3 is 14.7 Å². The quantitative estimate of drug-likeness (QED) is 0.738. The van der Waals surface area contributed by atoms with Crippen LogP contribution in [0.5, 0.6) is 0 Å². The van der Waals surface area contributed by atoms with Gasteiger partial charge in [-0.05, 0) is 12.1 Å². The second kappa shape index (κ2) is 7.73. The van der Waals surface area contributed by atoms with Crippen LogP contribution in [0.1, 0.15) is 6.42 Å². The highest BCUT2D eigenvalue weighted by Crippen LogP contribution is 2.24. The topological polar surface area (TPSA) is 104 Å². The number of rotatable bonds is 7. The lowest BCUT2D eigenvalue weighted by Crippen LogP contribution is -2.59. The molecule has 0 bridgehead atoms. The van der Waals surface area contributed by atoms with E-state index in [1.54, 1.807) is 18.2 Å². The highest BCUT2D eigenvalue weighted by atomic mass is 32.2. The second-order valence-electron chi connectivity index (χ2n) is 5.36. The molecule has 0 saturated carbocycles. The Balaban J connectivity index is 2.31. The van der Waals surface area contributed by atoms with E-state index in [-0.39, 0.29) is 18.0 Å². The van der Waals surface area contributed by atoms with Crippen molar-refractivity contribution in [2.45, 2.75) is 17.4 Å². The Bertz CT molecular complexity index is 691. The van der Waals surface area contributed by atoms with Crippen molar-refractivity contribution in [1.29, 1.82) is 0 Å². The zero-order valence-corrected chi connectivity index (χ0v) is 14.1. The Morgan fingerprint density at radius 1 is 1.29 bits per heavy atom. The van der Waals surface area contributed by atoms with Crippen molar-refractivity contribution >= 4 is 21.9 Å². The summed E-state index contributed by atoms with van der Waals surface area (Å²) in [4.78, 5) is 25.2. The minimum Gasteiger partial charge on any atom is -0.481 e. The molecule has 1 aliphatic heterocycles. The molecular weight excluding hydrogens is 336 g/mol. The molecule has 0 spiro atoms. The monoisotopic (exact) mass is 356 g/mol. The van der Waals surface area contributed by atoms with E-state index >= 15 is 0 Å². The van der Waals surface area contributed by atoms with Gasteiger partial charge in [0.1, 0.15) is 6.04 Å². The summed E-state index contributed by atoms with van der Waals surface area (Å²) in [5.74, 6) is -1.74. The minimum atomic E-state index is -3.94. The van der Waals surface area contributed by atoms with Crippen molar-refractivity contribution in [3.8, 4) is 0 Å². The molecule has 1 aliphatic rings. The summed E-state index contributed by atoms with van der Waals surface area (Å²) in [7, 11) is -2.45. The van der Waals surface area contributed by atoms with Gasteiger partial charge in [-0.3, -0.25) is 9.59 Å². The second-order valence-corrected chi connectivity index (χ2v) is 7.25. The van der Waals surface area contributed by atoms with Crippen LogP contribution in [-0.2, 0) is 24.3 Å². The molecule has 132 valence electrons. The Labute approximate surface area is 140 Å². The largest absolute Gasteiger partial charge is 0.481 e. The van der Waals surface area contributed by atoms with Gasteiger partial charge in [-0.25, -0.2) is 8.42 Å². The average Bonchev–Trinajstić information content (AvgIpc) is 2.56. The maximum Gasteiger partial charge on any atom is 0.305 e. The molecule has 8 nitrogen and oxygen atoms in total. The van der Waals surface area contributed by atoms with E-state index in [0.717, 1.165) is 4.31 Å². The van der Waals surface area contributed by atoms with Crippen molar-refractivity contribution in [3.05, 3.63) is 30.3 Å². The highest BCUT2D eigenvalue weighted by Gasteiger charge is 2.42. The highest BCUT2D eigenvalue weighted by molar-refractivity contribution is 7.89. The average molecular weight is 356 g/mol. The number of carbonyl (C=O) groups is 2. The molecule has 1 heterocycles. The van der Waals surface area contributed by atoms with Gasteiger partial charge >= 0.3 is 5.97 Å². The molecule has 1 N–H and O–H groups in total. The number of hydrogen-bond acceptors (Lipinski definition) is 5. The predicted molar refractivity (Wildman–Crippen MR) is 84.8 cm³/mol. The van der Waals surface area contributed by atoms with Gasteiger partial charge in [0.05, 0.1) is 17.9 Å². The summed E-state index contributed by atoms with van der Waals surface area (Å²) in [6.45, 7) is 0.844. The molecule has 1 fully saturated rings. The maximum absolute atomic E-state index is 12.8. The Morgan fingerprint density at radius 3 is 2.54 bits per heavy atom. The molecule has 0 aromatic heterocycles. The summed E-state index contributed by atoms with van der Waals surface area (Å²) in [6, 6.07) is 6.44. The fraction of sp³-hybridized carbons (Fsp3) is 0.467. The number of ether oxygens (including phenoxy) is 1. The van der Waals surface area contributed by atoms with Crippen LogP contribution >= 0.6 is 0 Å². The first-order valence-corrected chi connectivity index (χ1v) is 8.88. The van der Waals surface area contributed by atoms with Crippen molar-refractivity contribution in [2.75, 3.05) is 33.4 Å². The summed E-state index contributed by atoms with van der Waals surface area (Å²) < 4.78 is 31.5. The smallest absolute Gasteiger partial charge is 0.305 e. The van der Waals surface area contributed by atoms with E-state index in [2.05, 4.69) is 0 Å². The van der Waals surface area contributed by atoms with Gasteiger partial charge in [0.2, 0.25) is 15.9 Å². The molecule has 1 saturated heterocycles. The fourth-order valence-electron chi connectivity index (χ4n) is 2.61. The van der Waals surface area contributed by atoms with Gasteiger partial charge in [0, 0.05) is 26.7 Å². The number of methoxy groups -OCH3 is 1. The Hall–Kier alpha value is -1.97. The first kappa shape index (κ1) is 18.4. The first-order chi connectivity index (χ1) is 11.4. The number of benzene rings is 1. The van der Waals surface area contributed by atoms with Crippen LogP contribution in [-0.4, -0.2) is 74.0 Å². The van der Waals surface area contributed by atoms with Crippen LogP contribution in [0.15, 0.2) is 35.2 Å². The van der Waals surface area contributed by atoms with Crippen LogP contribution in [0.2, 0.25) is 0 Å². The summed E-state index contributed by atoms with van der Waals surface area (Å²) in [5.41, 5.74) is 0. The van der Waals surface area contributed by atoms with E-state index in [1.165, 1.54) is 24.1 Å². The lowest BCUT2D eigenvalue weighted by atomic mass is 10.1. The van der Waals surface area contributed by atoms with Crippen LogP contribution in [0.3, 0.4) is 0 Å². The third-order valence-corrected chi connectivity index (χ3v) is 5.74. The molecule has 1 atom stereocenters. The first-order valence-electron chi connectivity index (χ1n) is 7.44. The zero-order chi connectivity index (χ0) is 17.7. The molecular formula is C15H20N2O6S. The summed E-state index contributed by atoms with van der Waals surface area (Å²) in [5, 5.41) is 9.08. The van der Waals surface area contributed by atoms with E-state index in [9.17, 15) is 18.0 Å². The number of carboxylic acids is 1. The summed E-state index contributed by atoms with van der Waals surface area (Å²) in [6.07, 6.45) is -0.575. The Morgan fingerprint density at radius 2 is 1.96 bits per heavy atom. The van der Waals surface area contributed by atoms with Gasteiger partial charge in [-0.15, -0.1) is 0 Å². The molecule has 2 rings (SSSR count). The van der Waals surface area contributed by atoms with Gasteiger partial charge in [0.15, 0.2) is 0 Å². The molecule has 9 heteroatoms. The molecule has 1 unspecified atom stereocenters. The lowest BCUT2D eigenvalue weighted by Gasteiger charge is -2.39. The Kier molecular flexibility index (Phi) is 5.92. The van der Waals surface area contributed by atoms with E-state index < -0.39 is 34.4 Å². The van der Waals surface area contributed by atoms with E-state index in [1.807, 2.05) is 0 Å². The van der Waals surface area contributed by atoms with Crippen LogP contribution in [0.4, 0.5) is 0 Å². The van der Waals surface area contributed by atoms with Gasteiger partial charge in [-0.2, -0.15) is 4.31 Å². The number of nitrogens with zero attached hydrogens (tertiary/aromatic N) is 2. The van der Waals surface area contributed by atoms with Crippen molar-refractivity contribution in [2.24, 2.45) is 0 Å². The third kappa shape index (κ3) is 3.92.